The molecule has 1 atom stereocenters. The Morgan fingerprint density at radius 2 is 2.30 bits per heavy atom. The summed E-state index contributed by atoms with van der Waals surface area (Å²) in [6.45, 7) is 6.36. The van der Waals surface area contributed by atoms with E-state index in [1.165, 1.54) is 0 Å². The molecular weight excluding hydrogens is 314 g/mol. The zero-order chi connectivity index (χ0) is 15.6. The minimum atomic E-state index is -0.295. The van der Waals surface area contributed by atoms with Crippen molar-refractivity contribution >= 4 is 29.4 Å². The molecule has 0 aliphatic carbocycles. The molecule has 6 heteroatoms. The van der Waals surface area contributed by atoms with Crippen LogP contribution < -0.4 is 10.6 Å². The first-order chi connectivity index (χ1) is 10.6. The molecule has 5 nitrogen and oxygen atoms in total. The van der Waals surface area contributed by atoms with Crippen molar-refractivity contribution in [3.8, 4) is 0 Å². The molecule has 1 aliphatic rings. The van der Waals surface area contributed by atoms with Crippen molar-refractivity contribution in [2.24, 2.45) is 5.41 Å². The standard InChI is InChI=1S/C17H23N3O2.ClH/c1-12-5-3-6-13-15(12)20-14(22-13)7-10-19-16(21)17(2)8-4-9-18-11-17;/h3,5-6,18H,4,7-11H2,1-2H3,(H,19,21);1H. The third-order valence-corrected chi connectivity index (χ3v) is 4.43. The number of rotatable bonds is 4. The van der Waals surface area contributed by atoms with Gasteiger partial charge in [0.15, 0.2) is 11.5 Å². The van der Waals surface area contributed by atoms with E-state index in [1.807, 2.05) is 32.0 Å². The monoisotopic (exact) mass is 337 g/mol. The molecular formula is C17H24ClN3O2. The van der Waals surface area contributed by atoms with E-state index in [9.17, 15) is 4.79 Å². The molecule has 1 amide bonds. The van der Waals surface area contributed by atoms with Crippen molar-refractivity contribution in [3.63, 3.8) is 0 Å². The van der Waals surface area contributed by atoms with Gasteiger partial charge in [0.25, 0.3) is 0 Å². The largest absolute Gasteiger partial charge is 0.441 e. The fraction of sp³-hybridized carbons (Fsp3) is 0.529. The number of carbonyl (C=O) groups excluding carboxylic acids is 1. The number of benzene rings is 1. The Morgan fingerprint density at radius 1 is 1.48 bits per heavy atom. The number of hydrogen-bond donors (Lipinski definition) is 2. The van der Waals surface area contributed by atoms with Crippen LogP contribution in [0, 0.1) is 12.3 Å². The smallest absolute Gasteiger partial charge is 0.227 e. The summed E-state index contributed by atoms with van der Waals surface area (Å²) < 4.78 is 5.73. The zero-order valence-electron chi connectivity index (χ0n) is 13.6. The van der Waals surface area contributed by atoms with Gasteiger partial charge < -0.3 is 15.1 Å². The van der Waals surface area contributed by atoms with Crippen molar-refractivity contribution in [1.82, 2.24) is 15.6 Å². The van der Waals surface area contributed by atoms with Crippen LogP contribution in [0.5, 0.6) is 0 Å². The molecule has 0 spiro atoms. The Balaban J connectivity index is 0.00000192. The predicted molar refractivity (Wildman–Crippen MR) is 92.9 cm³/mol. The normalized spacial score (nSPS) is 21.0. The highest BCUT2D eigenvalue weighted by molar-refractivity contribution is 5.85. The van der Waals surface area contributed by atoms with E-state index in [2.05, 4.69) is 15.6 Å². The molecule has 1 unspecified atom stereocenters. The van der Waals surface area contributed by atoms with Crippen LogP contribution in [0.4, 0.5) is 0 Å². The number of nitrogens with zero attached hydrogens (tertiary/aromatic N) is 1. The van der Waals surface area contributed by atoms with E-state index in [1.54, 1.807) is 0 Å². The SMILES string of the molecule is Cc1cccc2oc(CCNC(=O)C3(C)CCCNC3)nc12.Cl. The van der Waals surface area contributed by atoms with Crippen LogP contribution in [0.1, 0.15) is 31.2 Å². The van der Waals surface area contributed by atoms with Gasteiger partial charge >= 0.3 is 0 Å². The molecule has 2 N–H and O–H groups in total. The topological polar surface area (TPSA) is 67.2 Å². The van der Waals surface area contributed by atoms with Crippen molar-refractivity contribution < 1.29 is 9.21 Å². The summed E-state index contributed by atoms with van der Waals surface area (Å²) in [6.07, 6.45) is 2.60. The highest BCUT2D eigenvalue weighted by Gasteiger charge is 2.34. The number of fused-ring (bicyclic) bond motifs is 1. The Morgan fingerprint density at radius 3 is 3.00 bits per heavy atom. The number of para-hydroxylation sites is 1. The average molecular weight is 338 g/mol. The van der Waals surface area contributed by atoms with E-state index in [0.717, 1.165) is 42.6 Å². The van der Waals surface area contributed by atoms with Crippen LogP contribution in [0.15, 0.2) is 22.6 Å². The second-order valence-electron chi connectivity index (χ2n) is 6.38. The third kappa shape index (κ3) is 3.85. The number of amides is 1. The van der Waals surface area contributed by atoms with Gasteiger partial charge in [0, 0.05) is 19.5 Å². The van der Waals surface area contributed by atoms with Gasteiger partial charge in [-0.25, -0.2) is 4.98 Å². The van der Waals surface area contributed by atoms with Gasteiger partial charge in [-0.05, 0) is 44.9 Å². The number of carbonyl (C=O) groups is 1. The highest BCUT2D eigenvalue weighted by atomic mass is 35.5. The number of halogens is 1. The minimum Gasteiger partial charge on any atom is -0.441 e. The van der Waals surface area contributed by atoms with Gasteiger partial charge in [0.1, 0.15) is 5.52 Å². The summed E-state index contributed by atoms with van der Waals surface area (Å²) in [6, 6.07) is 5.91. The van der Waals surface area contributed by atoms with Gasteiger partial charge in [-0.1, -0.05) is 12.1 Å². The Kier molecular flexibility index (Phi) is 5.65. The summed E-state index contributed by atoms with van der Waals surface area (Å²) in [7, 11) is 0. The number of piperidine rings is 1. The fourth-order valence-electron chi connectivity index (χ4n) is 2.99. The number of nitrogens with one attached hydrogen (secondary N) is 2. The molecule has 0 radical (unpaired) electrons. The van der Waals surface area contributed by atoms with Crippen LogP contribution in [0.2, 0.25) is 0 Å². The fourth-order valence-corrected chi connectivity index (χ4v) is 2.99. The van der Waals surface area contributed by atoms with Gasteiger partial charge in [-0.15, -0.1) is 12.4 Å². The van der Waals surface area contributed by atoms with Crippen molar-refractivity contribution in [2.45, 2.75) is 33.1 Å². The van der Waals surface area contributed by atoms with E-state index in [0.29, 0.717) is 18.9 Å². The quantitative estimate of drug-likeness (QED) is 0.900. The summed E-state index contributed by atoms with van der Waals surface area (Å²) in [4.78, 5) is 16.8. The van der Waals surface area contributed by atoms with Crippen LogP contribution in [0.25, 0.3) is 11.1 Å². The molecule has 3 rings (SSSR count). The molecule has 1 aliphatic heterocycles. The first kappa shape index (κ1) is 17.8. The number of oxazole rings is 1. The van der Waals surface area contributed by atoms with Crippen molar-refractivity contribution in [3.05, 3.63) is 29.7 Å². The third-order valence-electron chi connectivity index (χ3n) is 4.43. The molecule has 1 aromatic heterocycles. The molecule has 23 heavy (non-hydrogen) atoms. The molecule has 1 aromatic carbocycles. The van der Waals surface area contributed by atoms with E-state index in [-0.39, 0.29) is 23.7 Å². The lowest BCUT2D eigenvalue weighted by Crippen LogP contribution is -2.49. The summed E-state index contributed by atoms with van der Waals surface area (Å²) in [5, 5.41) is 6.32. The van der Waals surface area contributed by atoms with Gasteiger partial charge in [0.2, 0.25) is 5.91 Å². The lowest BCUT2D eigenvalue weighted by atomic mass is 9.82. The minimum absolute atomic E-state index is 0. The van der Waals surface area contributed by atoms with Crippen LogP contribution in [-0.4, -0.2) is 30.5 Å². The summed E-state index contributed by atoms with van der Waals surface area (Å²) >= 11 is 0. The van der Waals surface area contributed by atoms with Gasteiger partial charge in [-0.3, -0.25) is 4.79 Å². The molecule has 1 saturated heterocycles. The Hall–Kier alpha value is -1.59. The maximum absolute atomic E-state index is 12.3. The van der Waals surface area contributed by atoms with Gasteiger partial charge in [-0.2, -0.15) is 0 Å². The maximum Gasteiger partial charge on any atom is 0.227 e. The second kappa shape index (κ2) is 7.32. The number of hydrogen-bond acceptors (Lipinski definition) is 4. The first-order valence-electron chi connectivity index (χ1n) is 7.92. The van der Waals surface area contributed by atoms with Crippen LogP contribution in [0.3, 0.4) is 0 Å². The molecule has 1 fully saturated rings. The van der Waals surface area contributed by atoms with E-state index in [4.69, 9.17) is 4.42 Å². The molecule has 2 aromatic rings. The Bertz CT molecular complexity index is 678. The molecule has 0 bridgehead atoms. The van der Waals surface area contributed by atoms with Crippen molar-refractivity contribution in [2.75, 3.05) is 19.6 Å². The Labute approximate surface area is 142 Å². The number of aromatic nitrogens is 1. The molecule has 0 saturated carbocycles. The lowest BCUT2D eigenvalue weighted by Gasteiger charge is -2.32. The average Bonchev–Trinajstić information content (AvgIpc) is 2.92. The first-order valence-corrected chi connectivity index (χ1v) is 7.92. The van der Waals surface area contributed by atoms with Crippen LogP contribution in [-0.2, 0) is 11.2 Å². The highest BCUT2D eigenvalue weighted by Crippen LogP contribution is 2.25. The van der Waals surface area contributed by atoms with Crippen molar-refractivity contribution in [1.29, 1.82) is 0 Å². The van der Waals surface area contributed by atoms with E-state index < -0.39 is 0 Å². The zero-order valence-corrected chi connectivity index (χ0v) is 14.5. The number of aryl methyl sites for hydroxylation is 1. The van der Waals surface area contributed by atoms with E-state index >= 15 is 0 Å². The summed E-state index contributed by atoms with van der Waals surface area (Å²) in [5.74, 6) is 0.795. The predicted octanol–water partition coefficient (Wildman–Crippen LogP) is 2.61. The van der Waals surface area contributed by atoms with Crippen LogP contribution >= 0.6 is 12.4 Å². The second-order valence-corrected chi connectivity index (χ2v) is 6.38. The lowest BCUT2D eigenvalue weighted by molar-refractivity contribution is -0.131. The summed E-state index contributed by atoms with van der Waals surface area (Å²) in [5.41, 5.74) is 2.53. The van der Waals surface area contributed by atoms with Gasteiger partial charge in [0.05, 0.1) is 5.41 Å². The maximum atomic E-state index is 12.3. The molecule has 126 valence electrons. The molecule has 2 heterocycles.